The van der Waals surface area contributed by atoms with Crippen molar-refractivity contribution in [3.05, 3.63) is 28.8 Å². The second-order valence-electron chi connectivity index (χ2n) is 2.92. The van der Waals surface area contributed by atoms with Gasteiger partial charge in [-0.2, -0.15) is 0 Å². The zero-order chi connectivity index (χ0) is 10.4. The fourth-order valence-electron chi connectivity index (χ4n) is 1.09. The van der Waals surface area contributed by atoms with Crippen molar-refractivity contribution in [1.29, 1.82) is 0 Å². The molecule has 1 rings (SSSR count). The average molecular weight is 216 g/mol. The summed E-state index contributed by atoms with van der Waals surface area (Å²) in [6.45, 7) is 0.907. The number of benzene rings is 1. The van der Waals surface area contributed by atoms with Crippen LogP contribution in [0.25, 0.3) is 0 Å². The lowest BCUT2D eigenvalue weighted by Crippen LogP contribution is -2.02. The largest absolute Gasteiger partial charge is 0.399 e. The third-order valence-corrected chi connectivity index (χ3v) is 2.15. The van der Waals surface area contributed by atoms with Crippen LogP contribution in [-0.2, 0) is 15.9 Å². The summed E-state index contributed by atoms with van der Waals surface area (Å²) < 4.78 is 9.91. The fraction of sp³-hybridized carbons (Fsp3) is 0.400. The molecule has 0 heterocycles. The van der Waals surface area contributed by atoms with E-state index in [0.29, 0.717) is 24.1 Å². The normalized spacial score (nSPS) is 10.4. The number of anilines is 1. The van der Waals surface area contributed by atoms with E-state index >= 15 is 0 Å². The van der Waals surface area contributed by atoms with E-state index in [1.54, 1.807) is 13.2 Å². The Kier molecular flexibility index (Phi) is 4.73. The Morgan fingerprint density at radius 1 is 1.43 bits per heavy atom. The van der Waals surface area contributed by atoms with E-state index < -0.39 is 0 Å². The maximum Gasteiger partial charge on any atom is 0.146 e. The lowest BCUT2D eigenvalue weighted by molar-refractivity contribution is -0.0291. The first-order valence-corrected chi connectivity index (χ1v) is 4.72. The van der Waals surface area contributed by atoms with E-state index in [9.17, 15) is 0 Å². The molecule has 0 fully saturated rings. The summed E-state index contributed by atoms with van der Waals surface area (Å²) in [5, 5.41) is 0.686. The fourth-order valence-corrected chi connectivity index (χ4v) is 1.37. The highest BCUT2D eigenvalue weighted by Crippen LogP contribution is 2.19. The first-order valence-electron chi connectivity index (χ1n) is 4.34. The standard InChI is InChI=1S/C10H14ClNO2/c1-13-7-14-5-4-8-2-3-9(12)6-10(8)11/h2-3,6H,4-5,7,12H2,1H3. The molecule has 0 atom stereocenters. The van der Waals surface area contributed by atoms with Gasteiger partial charge in [0, 0.05) is 17.8 Å². The molecule has 0 radical (unpaired) electrons. The summed E-state index contributed by atoms with van der Waals surface area (Å²) in [5.74, 6) is 0. The molecule has 0 saturated carbocycles. The molecule has 0 aliphatic rings. The topological polar surface area (TPSA) is 44.5 Å². The van der Waals surface area contributed by atoms with Gasteiger partial charge < -0.3 is 15.2 Å². The molecule has 0 aliphatic carbocycles. The molecule has 78 valence electrons. The minimum absolute atomic E-state index is 0.312. The van der Waals surface area contributed by atoms with Crippen molar-refractivity contribution in [3.63, 3.8) is 0 Å². The molecule has 2 N–H and O–H groups in total. The van der Waals surface area contributed by atoms with E-state index in [-0.39, 0.29) is 0 Å². The summed E-state index contributed by atoms with van der Waals surface area (Å²) in [6.07, 6.45) is 0.766. The van der Waals surface area contributed by atoms with E-state index in [1.165, 1.54) is 0 Å². The first kappa shape index (κ1) is 11.3. The summed E-state index contributed by atoms with van der Waals surface area (Å²) in [5.41, 5.74) is 7.28. The van der Waals surface area contributed by atoms with Gasteiger partial charge in [0.1, 0.15) is 6.79 Å². The summed E-state index contributed by atoms with van der Waals surface area (Å²) in [6, 6.07) is 5.48. The molecule has 0 aliphatic heterocycles. The van der Waals surface area contributed by atoms with Crippen molar-refractivity contribution in [2.45, 2.75) is 6.42 Å². The Morgan fingerprint density at radius 3 is 2.86 bits per heavy atom. The van der Waals surface area contributed by atoms with Crippen molar-refractivity contribution < 1.29 is 9.47 Å². The Bertz CT molecular complexity index is 291. The smallest absolute Gasteiger partial charge is 0.146 e. The Hall–Kier alpha value is -0.770. The van der Waals surface area contributed by atoms with Crippen molar-refractivity contribution in [2.24, 2.45) is 0 Å². The van der Waals surface area contributed by atoms with Gasteiger partial charge >= 0.3 is 0 Å². The van der Waals surface area contributed by atoms with Gasteiger partial charge in [-0.1, -0.05) is 17.7 Å². The van der Waals surface area contributed by atoms with Gasteiger partial charge in [0.2, 0.25) is 0 Å². The number of nitrogens with two attached hydrogens (primary N) is 1. The third-order valence-electron chi connectivity index (χ3n) is 1.79. The van der Waals surface area contributed by atoms with Gasteiger partial charge in [-0.15, -0.1) is 0 Å². The zero-order valence-electron chi connectivity index (χ0n) is 8.13. The summed E-state index contributed by atoms with van der Waals surface area (Å²) in [4.78, 5) is 0. The number of rotatable bonds is 5. The second kappa shape index (κ2) is 5.86. The molecule has 3 nitrogen and oxygen atoms in total. The van der Waals surface area contributed by atoms with E-state index in [4.69, 9.17) is 26.8 Å². The van der Waals surface area contributed by atoms with Crippen molar-refractivity contribution in [3.8, 4) is 0 Å². The number of nitrogen functional groups attached to an aromatic ring is 1. The number of hydrogen-bond donors (Lipinski definition) is 1. The predicted octanol–water partition coefficient (Wildman–Crippen LogP) is 2.09. The lowest BCUT2D eigenvalue weighted by Gasteiger charge is -2.05. The van der Waals surface area contributed by atoms with Gasteiger partial charge in [0.05, 0.1) is 6.61 Å². The van der Waals surface area contributed by atoms with Crippen LogP contribution in [0.15, 0.2) is 18.2 Å². The van der Waals surface area contributed by atoms with Crippen molar-refractivity contribution in [1.82, 2.24) is 0 Å². The lowest BCUT2D eigenvalue weighted by atomic mass is 10.1. The second-order valence-corrected chi connectivity index (χ2v) is 3.32. The van der Waals surface area contributed by atoms with Crippen LogP contribution in [0.1, 0.15) is 5.56 Å². The number of hydrogen-bond acceptors (Lipinski definition) is 3. The molecule has 0 aromatic heterocycles. The molecule has 0 saturated heterocycles. The van der Waals surface area contributed by atoms with Gasteiger partial charge in [-0.25, -0.2) is 0 Å². The number of halogens is 1. The summed E-state index contributed by atoms with van der Waals surface area (Å²) >= 11 is 5.98. The number of ether oxygens (including phenoxy) is 2. The Balaban J connectivity index is 2.42. The number of methoxy groups -OCH3 is 1. The van der Waals surface area contributed by atoms with Crippen LogP contribution >= 0.6 is 11.6 Å². The Morgan fingerprint density at radius 2 is 2.21 bits per heavy atom. The molecule has 1 aromatic rings. The quantitative estimate of drug-likeness (QED) is 0.465. The highest BCUT2D eigenvalue weighted by molar-refractivity contribution is 6.31. The van der Waals surface area contributed by atoms with E-state index in [1.807, 2.05) is 12.1 Å². The first-order chi connectivity index (χ1) is 6.74. The van der Waals surface area contributed by atoms with Crippen molar-refractivity contribution in [2.75, 3.05) is 26.2 Å². The molecular formula is C10H14ClNO2. The molecular weight excluding hydrogens is 202 g/mol. The molecule has 0 spiro atoms. The Labute approximate surface area is 88.8 Å². The predicted molar refractivity (Wildman–Crippen MR) is 57.4 cm³/mol. The van der Waals surface area contributed by atoms with Gasteiger partial charge in [0.15, 0.2) is 0 Å². The minimum Gasteiger partial charge on any atom is -0.399 e. The van der Waals surface area contributed by atoms with Crippen LogP contribution < -0.4 is 5.73 Å². The molecule has 0 amide bonds. The van der Waals surface area contributed by atoms with Crippen LogP contribution in [0.4, 0.5) is 5.69 Å². The summed E-state index contributed by atoms with van der Waals surface area (Å²) in [7, 11) is 1.59. The monoisotopic (exact) mass is 215 g/mol. The molecule has 1 aromatic carbocycles. The van der Waals surface area contributed by atoms with Gasteiger partial charge in [-0.05, 0) is 24.1 Å². The average Bonchev–Trinajstić information content (AvgIpc) is 2.15. The zero-order valence-corrected chi connectivity index (χ0v) is 8.88. The molecule has 0 unspecified atom stereocenters. The van der Waals surface area contributed by atoms with Crippen LogP contribution in [0, 0.1) is 0 Å². The molecule has 4 heteroatoms. The van der Waals surface area contributed by atoms with Crippen LogP contribution in [-0.4, -0.2) is 20.5 Å². The molecule has 0 bridgehead atoms. The van der Waals surface area contributed by atoms with Crippen molar-refractivity contribution >= 4 is 17.3 Å². The molecule has 14 heavy (non-hydrogen) atoms. The maximum absolute atomic E-state index is 5.98. The highest BCUT2D eigenvalue weighted by atomic mass is 35.5. The van der Waals surface area contributed by atoms with Crippen LogP contribution in [0.3, 0.4) is 0 Å². The third kappa shape index (κ3) is 3.54. The van der Waals surface area contributed by atoms with Gasteiger partial charge in [-0.3, -0.25) is 0 Å². The van der Waals surface area contributed by atoms with Crippen LogP contribution in [0.5, 0.6) is 0 Å². The van der Waals surface area contributed by atoms with E-state index in [2.05, 4.69) is 0 Å². The van der Waals surface area contributed by atoms with Crippen LogP contribution in [0.2, 0.25) is 5.02 Å². The maximum atomic E-state index is 5.98. The minimum atomic E-state index is 0.312. The highest BCUT2D eigenvalue weighted by Gasteiger charge is 2.00. The van der Waals surface area contributed by atoms with Gasteiger partial charge in [0.25, 0.3) is 0 Å². The van der Waals surface area contributed by atoms with E-state index in [0.717, 1.165) is 12.0 Å². The SMILES string of the molecule is COCOCCc1ccc(N)cc1Cl.